The van der Waals surface area contributed by atoms with Crippen molar-refractivity contribution in [2.45, 2.75) is 13.0 Å². The molecule has 0 aromatic heterocycles. The van der Waals surface area contributed by atoms with Gasteiger partial charge in [-0.2, -0.15) is 0 Å². The fourth-order valence-corrected chi connectivity index (χ4v) is 2.11. The number of nitro groups is 1. The highest BCUT2D eigenvalue weighted by Crippen LogP contribution is 2.33. The van der Waals surface area contributed by atoms with Crippen molar-refractivity contribution in [2.24, 2.45) is 0 Å². The summed E-state index contributed by atoms with van der Waals surface area (Å²) in [6.07, 6.45) is -0.707. The van der Waals surface area contributed by atoms with Gasteiger partial charge in [0.15, 0.2) is 0 Å². The Morgan fingerprint density at radius 3 is 2.70 bits per heavy atom. The Morgan fingerprint density at radius 2 is 2.05 bits per heavy atom. The summed E-state index contributed by atoms with van der Waals surface area (Å²) in [5.41, 5.74) is 0.559. The first-order valence-corrected chi connectivity index (χ1v) is 6.66. The van der Waals surface area contributed by atoms with Gasteiger partial charge >= 0.3 is 0 Å². The van der Waals surface area contributed by atoms with Gasteiger partial charge < -0.3 is 9.84 Å². The van der Waals surface area contributed by atoms with Crippen LogP contribution >= 0.6 is 15.9 Å². The first-order valence-electron chi connectivity index (χ1n) is 5.87. The van der Waals surface area contributed by atoms with Gasteiger partial charge in [-0.05, 0) is 31.2 Å². The second kappa shape index (κ2) is 6.02. The fourth-order valence-electron chi connectivity index (χ4n) is 1.73. The number of halogens is 1. The number of ether oxygens (including phenoxy) is 1. The van der Waals surface area contributed by atoms with Crippen LogP contribution < -0.4 is 4.74 Å². The molecule has 1 unspecified atom stereocenters. The van der Waals surface area contributed by atoms with Crippen LogP contribution in [0.5, 0.6) is 11.5 Å². The van der Waals surface area contributed by atoms with E-state index in [4.69, 9.17) is 4.74 Å². The molecule has 1 N–H and O–H groups in total. The third-order valence-electron chi connectivity index (χ3n) is 2.68. The van der Waals surface area contributed by atoms with Crippen LogP contribution in [0.4, 0.5) is 5.69 Å². The maximum atomic E-state index is 10.7. The van der Waals surface area contributed by atoms with Crippen LogP contribution in [0.1, 0.15) is 18.6 Å². The second-order valence-electron chi connectivity index (χ2n) is 4.21. The predicted molar refractivity (Wildman–Crippen MR) is 77.9 cm³/mol. The van der Waals surface area contributed by atoms with Crippen molar-refractivity contribution in [1.82, 2.24) is 0 Å². The molecule has 0 aliphatic rings. The predicted octanol–water partition coefficient (Wildman–Crippen LogP) is 4.20. The lowest BCUT2D eigenvalue weighted by atomic mass is 10.1. The van der Waals surface area contributed by atoms with Crippen molar-refractivity contribution < 1.29 is 14.8 Å². The van der Waals surface area contributed by atoms with Crippen LogP contribution in [0, 0.1) is 10.1 Å². The van der Waals surface area contributed by atoms with Gasteiger partial charge in [0.25, 0.3) is 5.69 Å². The van der Waals surface area contributed by atoms with Gasteiger partial charge in [0.2, 0.25) is 0 Å². The Kier molecular flexibility index (Phi) is 4.36. The molecule has 0 saturated heterocycles. The van der Waals surface area contributed by atoms with Crippen molar-refractivity contribution in [3.05, 3.63) is 62.6 Å². The van der Waals surface area contributed by atoms with Gasteiger partial charge in [-0.1, -0.05) is 22.0 Å². The first-order chi connectivity index (χ1) is 9.47. The molecule has 6 heteroatoms. The molecule has 2 aromatic carbocycles. The number of nitro benzene ring substituents is 1. The summed E-state index contributed by atoms with van der Waals surface area (Å²) < 4.78 is 6.45. The largest absolute Gasteiger partial charge is 0.457 e. The summed E-state index contributed by atoms with van der Waals surface area (Å²) in [5.74, 6) is 0.812. The number of nitrogens with zero attached hydrogens (tertiary/aromatic N) is 1. The Labute approximate surface area is 124 Å². The molecule has 5 nitrogen and oxygen atoms in total. The fraction of sp³-hybridized carbons (Fsp3) is 0.143. The number of non-ortho nitro benzene ring substituents is 1. The molecule has 0 heterocycles. The van der Waals surface area contributed by atoms with E-state index in [9.17, 15) is 15.2 Å². The molecule has 0 bridgehead atoms. The Bertz CT molecular complexity index is 643. The van der Waals surface area contributed by atoms with Gasteiger partial charge in [-0.15, -0.1) is 0 Å². The molecule has 2 aromatic rings. The molecule has 0 spiro atoms. The zero-order chi connectivity index (χ0) is 14.7. The Morgan fingerprint density at radius 1 is 1.30 bits per heavy atom. The maximum Gasteiger partial charge on any atom is 0.273 e. The quantitative estimate of drug-likeness (QED) is 0.670. The number of rotatable bonds is 4. The minimum Gasteiger partial charge on any atom is -0.457 e. The highest BCUT2D eigenvalue weighted by atomic mass is 79.9. The van der Waals surface area contributed by atoms with Crippen LogP contribution in [0.25, 0.3) is 0 Å². The monoisotopic (exact) mass is 337 g/mol. The summed E-state index contributed by atoms with van der Waals surface area (Å²) >= 11 is 3.32. The van der Waals surface area contributed by atoms with E-state index in [1.54, 1.807) is 37.3 Å². The van der Waals surface area contributed by atoms with Crippen molar-refractivity contribution in [2.75, 3.05) is 0 Å². The summed E-state index contributed by atoms with van der Waals surface area (Å²) in [6.45, 7) is 1.63. The van der Waals surface area contributed by atoms with E-state index in [-0.39, 0.29) is 5.69 Å². The highest BCUT2D eigenvalue weighted by molar-refractivity contribution is 9.10. The molecular formula is C14H12BrNO4. The number of aliphatic hydroxyl groups is 1. The van der Waals surface area contributed by atoms with Gasteiger partial charge in [0.05, 0.1) is 17.1 Å². The summed E-state index contributed by atoms with van der Waals surface area (Å²) in [5, 5.41) is 20.5. The molecule has 0 radical (unpaired) electrons. The SMILES string of the molecule is CC(O)c1cc(Br)ccc1Oc1cccc([N+](=O)[O-])c1. The highest BCUT2D eigenvalue weighted by Gasteiger charge is 2.12. The zero-order valence-electron chi connectivity index (χ0n) is 10.6. The van der Waals surface area contributed by atoms with Crippen LogP contribution in [0.3, 0.4) is 0 Å². The number of hydrogen-bond donors (Lipinski definition) is 1. The molecule has 0 aliphatic heterocycles. The number of benzene rings is 2. The minimum atomic E-state index is -0.707. The molecule has 20 heavy (non-hydrogen) atoms. The van der Waals surface area contributed by atoms with Gasteiger partial charge in [-0.25, -0.2) is 0 Å². The first kappa shape index (κ1) is 14.5. The average molecular weight is 338 g/mol. The molecule has 0 fully saturated rings. The van der Waals surface area contributed by atoms with Crippen LogP contribution in [-0.2, 0) is 0 Å². The molecule has 1 atom stereocenters. The van der Waals surface area contributed by atoms with Crippen molar-refractivity contribution in [1.29, 1.82) is 0 Å². The zero-order valence-corrected chi connectivity index (χ0v) is 12.2. The van der Waals surface area contributed by atoms with Crippen molar-refractivity contribution in [3.8, 4) is 11.5 Å². The van der Waals surface area contributed by atoms with Gasteiger partial charge in [0, 0.05) is 16.1 Å². The van der Waals surface area contributed by atoms with E-state index in [0.717, 1.165) is 4.47 Å². The van der Waals surface area contributed by atoms with E-state index < -0.39 is 11.0 Å². The third kappa shape index (κ3) is 3.34. The Balaban J connectivity index is 2.35. The van der Waals surface area contributed by atoms with E-state index in [1.807, 2.05) is 0 Å². The van der Waals surface area contributed by atoms with E-state index in [2.05, 4.69) is 15.9 Å². The number of aliphatic hydroxyl groups excluding tert-OH is 1. The van der Waals surface area contributed by atoms with E-state index in [0.29, 0.717) is 17.1 Å². The molecule has 0 saturated carbocycles. The van der Waals surface area contributed by atoms with E-state index >= 15 is 0 Å². The molecule has 0 aliphatic carbocycles. The Hall–Kier alpha value is -1.92. The van der Waals surface area contributed by atoms with Gasteiger partial charge in [0.1, 0.15) is 11.5 Å². The summed E-state index contributed by atoms with van der Waals surface area (Å²) in [7, 11) is 0. The lowest BCUT2D eigenvalue weighted by Crippen LogP contribution is -1.96. The summed E-state index contributed by atoms with van der Waals surface area (Å²) in [4.78, 5) is 10.2. The lowest BCUT2D eigenvalue weighted by molar-refractivity contribution is -0.384. The topological polar surface area (TPSA) is 72.6 Å². The van der Waals surface area contributed by atoms with Gasteiger partial charge in [-0.3, -0.25) is 10.1 Å². The normalized spacial score (nSPS) is 11.9. The smallest absolute Gasteiger partial charge is 0.273 e. The summed E-state index contributed by atoms with van der Waals surface area (Å²) in [6, 6.07) is 11.1. The molecule has 104 valence electrons. The minimum absolute atomic E-state index is 0.0433. The standard InChI is InChI=1S/C14H12BrNO4/c1-9(17)13-7-10(15)5-6-14(13)20-12-4-2-3-11(8-12)16(18)19/h2-9,17H,1H3. The van der Waals surface area contributed by atoms with Crippen LogP contribution in [0.2, 0.25) is 0 Å². The second-order valence-corrected chi connectivity index (χ2v) is 5.13. The lowest BCUT2D eigenvalue weighted by Gasteiger charge is -2.13. The maximum absolute atomic E-state index is 10.7. The molecule has 0 amide bonds. The average Bonchev–Trinajstić information content (AvgIpc) is 2.41. The molecular weight excluding hydrogens is 326 g/mol. The van der Waals surface area contributed by atoms with E-state index in [1.165, 1.54) is 12.1 Å². The van der Waals surface area contributed by atoms with Crippen LogP contribution in [-0.4, -0.2) is 10.0 Å². The van der Waals surface area contributed by atoms with Crippen molar-refractivity contribution >= 4 is 21.6 Å². The number of hydrogen-bond acceptors (Lipinski definition) is 4. The van der Waals surface area contributed by atoms with Crippen LogP contribution in [0.15, 0.2) is 46.9 Å². The third-order valence-corrected chi connectivity index (χ3v) is 3.17. The van der Waals surface area contributed by atoms with Crippen molar-refractivity contribution in [3.63, 3.8) is 0 Å². The molecule has 2 rings (SSSR count).